The van der Waals surface area contributed by atoms with E-state index >= 15 is 0 Å². The van der Waals surface area contributed by atoms with Crippen LogP contribution in [0.3, 0.4) is 0 Å². The minimum absolute atomic E-state index is 0.105. The van der Waals surface area contributed by atoms with Gasteiger partial charge in [-0.2, -0.15) is 0 Å². The third-order valence-electron chi connectivity index (χ3n) is 16.4. The second-order valence-electron chi connectivity index (χ2n) is 25.2. The average molecular weight is 1300 g/mol. The second-order valence-corrected chi connectivity index (χ2v) is 28.1. The molecule has 0 saturated heterocycles. The minimum atomic E-state index is -4.95. The van der Waals surface area contributed by atoms with Gasteiger partial charge in [0.1, 0.15) is 19.3 Å². The fraction of sp³-hybridized carbons (Fsp3) is 0.942. The van der Waals surface area contributed by atoms with Crippen molar-refractivity contribution in [2.24, 2.45) is 5.92 Å². The summed E-state index contributed by atoms with van der Waals surface area (Å²) in [6.07, 6.45) is 48.3. The highest BCUT2D eigenvalue weighted by Gasteiger charge is 2.30. The highest BCUT2D eigenvalue weighted by Crippen LogP contribution is 2.45. The maximum Gasteiger partial charge on any atom is 0.472 e. The number of phosphoric acid groups is 2. The molecule has 0 aliphatic carbocycles. The zero-order chi connectivity index (χ0) is 64.9. The summed E-state index contributed by atoms with van der Waals surface area (Å²) in [5.74, 6) is -1.35. The number of phosphoric ester groups is 2. The number of hydrogen-bond donors (Lipinski definition) is 3. The number of unbranched alkanes of at least 4 members (excludes halogenated alkanes) is 40. The fourth-order valence-electron chi connectivity index (χ4n) is 10.4. The summed E-state index contributed by atoms with van der Waals surface area (Å²) in [6.45, 7) is 7.23. The predicted molar refractivity (Wildman–Crippen MR) is 354 cm³/mol. The highest BCUT2D eigenvalue weighted by molar-refractivity contribution is 7.47. The maximum absolute atomic E-state index is 13.0. The molecule has 0 bridgehead atoms. The van der Waals surface area contributed by atoms with Crippen LogP contribution in [0.4, 0.5) is 0 Å². The van der Waals surface area contributed by atoms with Crippen LogP contribution in [-0.4, -0.2) is 96.7 Å². The van der Waals surface area contributed by atoms with Gasteiger partial charge in [-0.25, -0.2) is 9.13 Å². The summed E-state index contributed by atoms with van der Waals surface area (Å²) < 4.78 is 68.2. The number of carbonyl (C=O) groups excluding carboxylic acids is 4. The molecule has 0 aromatic heterocycles. The molecule has 0 amide bonds. The Morgan fingerprint density at radius 1 is 0.318 bits per heavy atom. The smallest absolute Gasteiger partial charge is 0.462 e. The molecule has 0 rings (SSSR count). The van der Waals surface area contributed by atoms with E-state index in [9.17, 15) is 43.2 Å². The van der Waals surface area contributed by atoms with Gasteiger partial charge in [-0.15, -0.1) is 0 Å². The van der Waals surface area contributed by atoms with Gasteiger partial charge in [0, 0.05) is 25.7 Å². The van der Waals surface area contributed by atoms with E-state index in [-0.39, 0.29) is 25.7 Å². The SMILES string of the molecule is CCCCCCCCCCCCCCCC(=O)OC[C@H](COP(=O)(O)OC[C@@H](O)COP(=O)(O)OC[C@@H](COC(=O)CCCCCCCCCCCC)OC(=O)CCCCCCCCCCC(C)CC)OC(=O)CCCCCCCCCCCCCCC. The number of ether oxygens (including phenoxy) is 4. The molecule has 0 spiro atoms. The average Bonchev–Trinajstić information content (AvgIpc) is 3.52. The zero-order valence-corrected chi connectivity index (χ0v) is 58.6. The van der Waals surface area contributed by atoms with Gasteiger partial charge in [-0.1, -0.05) is 304 Å². The topological polar surface area (TPSA) is 237 Å². The molecule has 0 saturated carbocycles. The molecule has 0 aliphatic heterocycles. The van der Waals surface area contributed by atoms with Crippen molar-refractivity contribution < 1.29 is 80.2 Å². The molecule has 3 unspecified atom stereocenters. The first-order valence-corrected chi connectivity index (χ1v) is 39.2. The Morgan fingerprint density at radius 2 is 0.545 bits per heavy atom. The number of rotatable bonds is 69. The highest BCUT2D eigenvalue weighted by atomic mass is 31.2. The summed E-state index contributed by atoms with van der Waals surface area (Å²) in [5.41, 5.74) is 0. The van der Waals surface area contributed by atoms with Crippen molar-refractivity contribution in [3.8, 4) is 0 Å². The van der Waals surface area contributed by atoms with E-state index in [1.807, 2.05) is 0 Å². The lowest BCUT2D eigenvalue weighted by Crippen LogP contribution is -2.30. The molecule has 17 nitrogen and oxygen atoms in total. The lowest BCUT2D eigenvalue weighted by molar-refractivity contribution is -0.161. The summed E-state index contributed by atoms with van der Waals surface area (Å²) in [7, 11) is -9.90. The number of esters is 4. The minimum Gasteiger partial charge on any atom is -0.462 e. The van der Waals surface area contributed by atoms with Gasteiger partial charge in [-0.05, 0) is 31.6 Å². The first kappa shape index (κ1) is 86.1. The zero-order valence-electron chi connectivity index (χ0n) is 56.9. The Bertz CT molecular complexity index is 1710. The number of aliphatic hydroxyl groups excluding tert-OH is 1. The largest absolute Gasteiger partial charge is 0.472 e. The van der Waals surface area contributed by atoms with Crippen molar-refractivity contribution in [3.63, 3.8) is 0 Å². The monoisotopic (exact) mass is 1300 g/mol. The van der Waals surface area contributed by atoms with Crippen molar-refractivity contribution in [3.05, 3.63) is 0 Å². The van der Waals surface area contributed by atoms with Gasteiger partial charge < -0.3 is 33.8 Å². The molecule has 6 atom stereocenters. The van der Waals surface area contributed by atoms with Crippen LogP contribution < -0.4 is 0 Å². The third-order valence-corrected chi connectivity index (χ3v) is 18.3. The molecular formula is C69H134O17P2. The summed E-state index contributed by atoms with van der Waals surface area (Å²) in [5, 5.41) is 10.6. The lowest BCUT2D eigenvalue weighted by atomic mass is 9.99. The van der Waals surface area contributed by atoms with E-state index in [0.717, 1.165) is 95.8 Å². The van der Waals surface area contributed by atoms with Crippen LogP contribution in [0.25, 0.3) is 0 Å². The van der Waals surface area contributed by atoms with Crippen LogP contribution in [0.1, 0.15) is 356 Å². The molecule has 0 aromatic carbocycles. The van der Waals surface area contributed by atoms with Gasteiger partial charge in [0.25, 0.3) is 0 Å². The van der Waals surface area contributed by atoms with Crippen LogP contribution in [0.5, 0.6) is 0 Å². The molecule has 522 valence electrons. The van der Waals surface area contributed by atoms with Crippen LogP contribution in [0.2, 0.25) is 0 Å². The lowest BCUT2D eigenvalue weighted by Gasteiger charge is -2.21. The molecule has 0 heterocycles. The molecule has 3 N–H and O–H groups in total. The quantitative estimate of drug-likeness (QED) is 0.0222. The van der Waals surface area contributed by atoms with E-state index in [2.05, 4.69) is 34.6 Å². The molecule has 0 aliphatic rings. The van der Waals surface area contributed by atoms with E-state index in [1.54, 1.807) is 0 Å². The summed E-state index contributed by atoms with van der Waals surface area (Å²) in [6, 6.07) is 0. The van der Waals surface area contributed by atoms with Crippen LogP contribution in [0, 0.1) is 5.92 Å². The summed E-state index contributed by atoms with van der Waals surface area (Å²) in [4.78, 5) is 72.5. The number of aliphatic hydroxyl groups is 1. The van der Waals surface area contributed by atoms with Crippen molar-refractivity contribution in [1.82, 2.24) is 0 Å². The summed E-state index contributed by atoms with van der Waals surface area (Å²) >= 11 is 0. The van der Waals surface area contributed by atoms with Gasteiger partial charge >= 0.3 is 39.5 Å². The van der Waals surface area contributed by atoms with Gasteiger partial charge in [-0.3, -0.25) is 37.3 Å². The Balaban J connectivity index is 5.25. The van der Waals surface area contributed by atoms with E-state index in [0.29, 0.717) is 25.7 Å². The Kier molecular flexibility index (Phi) is 61.1. The van der Waals surface area contributed by atoms with Gasteiger partial charge in [0.2, 0.25) is 0 Å². The predicted octanol–water partition coefficient (Wildman–Crippen LogP) is 19.7. The normalized spacial score (nSPS) is 14.4. The molecule has 19 heteroatoms. The fourth-order valence-corrected chi connectivity index (χ4v) is 12.0. The molecule has 88 heavy (non-hydrogen) atoms. The number of hydrogen-bond acceptors (Lipinski definition) is 15. The van der Waals surface area contributed by atoms with Crippen LogP contribution >= 0.6 is 15.6 Å². The standard InChI is InChI=1S/C69H134O17P2/c1-6-10-13-16-19-22-25-27-29-32-38-43-48-53-67(72)80-58-64(85-68(73)54-49-44-39-33-30-28-26-23-20-17-14-11-7-2)60-83-87(75,76)81-56-63(70)57-82-88(77,78)84-61-65(59-79-66(71)52-47-42-37-31-24-21-18-15-12-8-3)86-69(74)55-50-45-40-35-34-36-41-46-51-62(5)9-4/h62-65,70H,6-61H2,1-5H3,(H,75,76)(H,77,78)/t62?,63-,64-,65-/m1/s1. The van der Waals surface area contributed by atoms with Crippen molar-refractivity contribution >= 4 is 39.5 Å². The molecular weight excluding hydrogens is 1160 g/mol. The van der Waals surface area contributed by atoms with Crippen LogP contribution in [-0.2, 0) is 65.4 Å². The maximum atomic E-state index is 13.0. The Morgan fingerprint density at radius 3 is 0.807 bits per heavy atom. The van der Waals surface area contributed by atoms with E-state index in [1.165, 1.54) is 180 Å². The van der Waals surface area contributed by atoms with E-state index < -0.39 is 97.5 Å². The first-order chi connectivity index (χ1) is 42.6. The number of carbonyl (C=O) groups is 4. The van der Waals surface area contributed by atoms with E-state index in [4.69, 9.17) is 37.0 Å². The van der Waals surface area contributed by atoms with Gasteiger partial charge in [0.15, 0.2) is 12.2 Å². The van der Waals surface area contributed by atoms with Crippen molar-refractivity contribution in [2.45, 2.75) is 374 Å². The van der Waals surface area contributed by atoms with Crippen molar-refractivity contribution in [1.29, 1.82) is 0 Å². The van der Waals surface area contributed by atoms with Gasteiger partial charge in [0.05, 0.1) is 26.4 Å². The molecule has 0 radical (unpaired) electrons. The first-order valence-electron chi connectivity index (χ1n) is 36.2. The third kappa shape index (κ3) is 61.6. The Hall–Kier alpha value is -1.94. The van der Waals surface area contributed by atoms with Crippen LogP contribution in [0.15, 0.2) is 0 Å². The second kappa shape index (κ2) is 62.5. The Labute approximate surface area is 537 Å². The van der Waals surface area contributed by atoms with Crippen molar-refractivity contribution in [2.75, 3.05) is 39.6 Å². The molecule has 0 fully saturated rings. The molecule has 0 aromatic rings.